The Morgan fingerprint density at radius 1 is 1.16 bits per heavy atom. The van der Waals surface area contributed by atoms with Gasteiger partial charge < -0.3 is 15.4 Å². The zero-order chi connectivity index (χ0) is 18.7. The summed E-state index contributed by atoms with van der Waals surface area (Å²) in [6.07, 6.45) is 2.67. The minimum atomic E-state index is -0.366. The molecule has 0 saturated carbocycles. The molecule has 0 heterocycles. The molecule has 2 N–H and O–H groups in total. The Kier molecular flexibility index (Phi) is 9.84. The normalized spacial score (nSPS) is 11.5. The fourth-order valence-corrected chi connectivity index (χ4v) is 2.06. The van der Waals surface area contributed by atoms with Gasteiger partial charge in [0.15, 0.2) is 0 Å². The highest BCUT2D eigenvalue weighted by atomic mass is 79.9. The molecule has 0 unspecified atom stereocenters. The van der Waals surface area contributed by atoms with Gasteiger partial charge in [-0.25, -0.2) is 4.79 Å². The fourth-order valence-electron chi connectivity index (χ4n) is 1.90. The number of unbranched alkanes of at least 4 members (excludes halogenated alkanes) is 1. The van der Waals surface area contributed by atoms with Gasteiger partial charge in [-0.1, -0.05) is 36.2 Å². The van der Waals surface area contributed by atoms with Crippen LogP contribution < -0.4 is 10.6 Å². The molecule has 0 aliphatic heterocycles. The first kappa shape index (κ1) is 21.2. The average Bonchev–Trinajstić information content (AvgIpc) is 2.61. The second-order valence-electron chi connectivity index (χ2n) is 5.53. The third kappa shape index (κ3) is 8.16. The largest absolute Gasteiger partial charge is 0.462 e. The highest BCUT2D eigenvalue weighted by Crippen LogP contribution is 2.11. The average molecular weight is 413 g/mol. The highest BCUT2D eigenvalue weighted by Gasteiger charge is 2.12. The van der Waals surface area contributed by atoms with Crippen LogP contribution in [-0.4, -0.2) is 35.8 Å². The molecule has 2 amide bonds. The number of carbonyl (C=O) groups excluding carboxylic acids is 3. The number of carbonyl (C=O) groups is 3. The van der Waals surface area contributed by atoms with Crippen LogP contribution in [0.3, 0.4) is 0 Å². The molecule has 1 atom stereocenters. The van der Waals surface area contributed by atoms with E-state index >= 15 is 0 Å². The van der Waals surface area contributed by atoms with Crippen molar-refractivity contribution in [2.75, 3.05) is 18.5 Å². The SMILES string of the molecule is CCCCOC(=O)c1ccc(NC(=O)CCNC(=O)[C@H](Br)CC)cc1. The van der Waals surface area contributed by atoms with Gasteiger partial charge in [0.2, 0.25) is 11.8 Å². The van der Waals surface area contributed by atoms with Gasteiger partial charge in [-0.3, -0.25) is 9.59 Å². The summed E-state index contributed by atoms with van der Waals surface area (Å²) in [4.78, 5) is 35.0. The topological polar surface area (TPSA) is 84.5 Å². The number of esters is 1. The van der Waals surface area contributed by atoms with Crippen molar-refractivity contribution in [3.63, 3.8) is 0 Å². The molecule has 0 spiro atoms. The Hall–Kier alpha value is -1.89. The summed E-state index contributed by atoms with van der Waals surface area (Å²) in [7, 11) is 0. The van der Waals surface area contributed by atoms with Crippen LogP contribution in [-0.2, 0) is 14.3 Å². The Labute approximate surface area is 156 Å². The summed E-state index contributed by atoms with van der Waals surface area (Å²) >= 11 is 3.25. The van der Waals surface area contributed by atoms with Crippen LogP contribution in [0.25, 0.3) is 0 Å². The van der Waals surface area contributed by atoms with Gasteiger partial charge in [-0.15, -0.1) is 0 Å². The number of amides is 2. The second-order valence-corrected chi connectivity index (χ2v) is 6.64. The van der Waals surface area contributed by atoms with E-state index in [1.54, 1.807) is 24.3 Å². The second kappa shape index (κ2) is 11.6. The van der Waals surface area contributed by atoms with Gasteiger partial charge in [0.1, 0.15) is 0 Å². The molecule has 6 nitrogen and oxygen atoms in total. The maximum Gasteiger partial charge on any atom is 0.338 e. The minimum Gasteiger partial charge on any atom is -0.462 e. The van der Waals surface area contributed by atoms with Crippen LogP contribution in [0.4, 0.5) is 5.69 Å². The van der Waals surface area contributed by atoms with Gasteiger partial charge in [-0.2, -0.15) is 0 Å². The summed E-state index contributed by atoms with van der Waals surface area (Å²) < 4.78 is 5.12. The number of hydrogen-bond acceptors (Lipinski definition) is 4. The molecule has 1 aromatic rings. The zero-order valence-electron chi connectivity index (χ0n) is 14.6. The van der Waals surface area contributed by atoms with E-state index < -0.39 is 0 Å². The first-order valence-electron chi connectivity index (χ1n) is 8.46. The third-order valence-electron chi connectivity index (χ3n) is 3.43. The highest BCUT2D eigenvalue weighted by molar-refractivity contribution is 9.10. The van der Waals surface area contributed by atoms with E-state index in [2.05, 4.69) is 26.6 Å². The number of nitrogens with one attached hydrogen (secondary N) is 2. The van der Waals surface area contributed by atoms with Crippen molar-refractivity contribution in [1.82, 2.24) is 5.32 Å². The van der Waals surface area contributed by atoms with Gasteiger partial charge in [0.25, 0.3) is 0 Å². The lowest BCUT2D eigenvalue weighted by Gasteiger charge is -2.09. The Balaban J connectivity index is 2.38. The number of halogens is 1. The molecule has 138 valence electrons. The molecular weight excluding hydrogens is 388 g/mol. The number of hydrogen-bond donors (Lipinski definition) is 2. The summed E-state index contributed by atoms with van der Waals surface area (Å²) in [5, 5.41) is 5.41. The lowest BCUT2D eigenvalue weighted by Crippen LogP contribution is -2.33. The minimum absolute atomic E-state index is 0.124. The Morgan fingerprint density at radius 3 is 2.44 bits per heavy atom. The lowest BCUT2D eigenvalue weighted by molar-refractivity contribution is -0.120. The predicted octanol–water partition coefficient (Wildman–Crippen LogP) is 3.26. The third-order valence-corrected chi connectivity index (χ3v) is 4.49. The van der Waals surface area contributed by atoms with Gasteiger partial charge in [-0.05, 0) is 37.1 Å². The van der Waals surface area contributed by atoms with E-state index in [1.807, 2.05) is 13.8 Å². The van der Waals surface area contributed by atoms with Crippen molar-refractivity contribution in [2.24, 2.45) is 0 Å². The maximum atomic E-state index is 11.9. The molecule has 1 aromatic carbocycles. The van der Waals surface area contributed by atoms with Crippen LogP contribution in [0.2, 0.25) is 0 Å². The molecule has 0 aliphatic carbocycles. The van der Waals surface area contributed by atoms with E-state index in [4.69, 9.17) is 4.74 Å². The molecular formula is C18H25BrN2O4. The smallest absolute Gasteiger partial charge is 0.338 e. The Bertz CT molecular complexity index is 575. The maximum absolute atomic E-state index is 11.9. The van der Waals surface area contributed by atoms with Crippen molar-refractivity contribution in [3.8, 4) is 0 Å². The molecule has 0 aromatic heterocycles. The van der Waals surface area contributed by atoms with Gasteiger partial charge >= 0.3 is 5.97 Å². The molecule has 0 radical (unpaired) electrons. The van der Waals surface area contributed by atoms with Crippen LogP contribution in [0.1, 0.15) is 49.9 Å². The van der Waals surface area contributed by atoms with Crippen molar-refractivity contribution in [3.05, 3.63) is 29.8 Å². The number of rotatable bonds is 10. The first-order chi connectivity index (χ1) is 12.0. The van der Waals surface area contributed by atoms with Crippen LogP contribution in [0.15, 0.2) is 24.3 Å². The number of benzene rings is 1. The first-order valence-corrected chi connectivity index (χ1v) is 9.38. The standard InChI is InChI=1S/C18H25BrN2O4/c1-3-5-12-25-18(24)13-6-8-14(9-7-13)21-16(22)10-11-20-17(23)15(19)4-2/h6-9,15H,3-5,10-12H2,1-2H3,(H,20,23)(H,21,22)/t15-/m1/s1. The molecule has 7 heteroatoms. The van der Waals surface area contributed by atoms with Crippen molar-refractivity contribution in [1.29, 1.82) is 0 Å². The van der Waals surface area contributed by atoms with Crippen LogP contribution in [0.5, 0.6) is 0 Å². The summed E-state index contributed by atoms with van der Waals surface area (Å²) in [5.74, 6) is -0.697. The number of anilines is 1. The van der Waals surface area contributed by atoms with E-state index in [0.29, 0.717) is 24.3 Å². The lowest BCUT2D eigenvalue weighted by atomic mass is 10.2. The van der Waals surface area contributed by atoms with Gasteiger partial charge in [0.05, 0.1) is 17.0 Å². The molecule has 0 fully saturated rings. The zero-order valence-corrected chi connectivity index (χ0v) is 16.2. The molecule has 0 saturated heterocycles. The van der Waals surface area contributed by atoms with E-state index in [-0.39, 0.29) is 35.6 Å². The molecule has 0 bridgehead atoms. The fraction of sp³-hybridized carbons (Fsp3) is 0.500. The van der Waals surface area contributed by atoms with E-state index in [0.717, 1.165) is 12.8 Å². The van der Waals surface area contributed by atoms with Gasteiger partial charge in [0, 0.05) is 18.7 Å². The molecule has 1 rings (SSSR count). The Morgan fingerprint density at radius 2 is 1.84 bits per heavy atom. The molecule has 25 heavy (non-hydrogen) atoms. The number of alkyl halides is 1. The predicted molar refractivity (Wildman–Crippen MR) is 101 cm³/mol. The summed E-state index contributed by atoms with van der Waals surface area (Å²) in [5.41, 5.74) is 1.04. The van der Waals surface area contributed by atoms with E-state index in [9.17, 15) is 14.4 Å². The van der Waals surface area contributed by atoms with Crippen molar-refractivity contribution >= 4 is 39.4 Å². The number of ether oxygens (including phenoxy) is 1. The summed E-state index contributed by atoms with van der Waals surface area (Å²) in [6, 6.07) is 6.53. The molecule has 0 aliphatic rings. The van der Waals surface area contributed by atoms with Crippen molar-refractivity contribution in [2.45, 2.75) is 44.4 Å². The quantitative estimate of drug-likeness (QED) is 0.350. The monoisotopic (exact) mass is 412 g/mol. The summed E-state index contributed by atoms with van der Waals surface area (Å²) in [6.45, 7) is 4.61. The van der Waals surface area contributed by atoms with E-state index in [1.165, 1.54) is 0 Å². The van der Waals surface area contributed by atoms with Crippen molar-refractivity contribution < 1.29 is 19.1 Å². The van der Waals surface area contributed by atoms with Crippen LogP contribution in [0, 0.1) is 0 Å². The van der Waals surface area contributed by atoms with Crippen LogP contribution >= 0.6 is 15.9 Å².